The van der Waals surface area contributed by atoms with Crippen LogP contribution >= 0.6 is 0 Å². The van der Waals surface area contributed by atoms with Crippen LogP contribution in [0, 0.1) is 23.7 Å². The van der Waals surface area contributed by atoms with Crippen molar-refractivity contribution in [2.45, 2.75) is 30.2 Å². The Labute approximate surface area is 112 Å². The van der Waals surface area contributed by atoms with Crippen molar-refractivity contribution in [3.05, 3.63) is 24.3 Å². The first-order valence-electron chi connectivity index (χ1n) is 6.87. The van der Waals surface area contributed by atoms with Crippen LogP contribution in [0.3, 0.4) is 0 Å². The molecule has 3 fully saturated rings. The molecule has 1 aromatic carbocycles. The summed E-state index contributed by atoms with van der Waals surface area (Å²) in [5, 5.41) is 9.21. The smallest absolute Gasteiger partial charge is 0.240 e. The molecule has 2 N–H and O–H groups in total. The van der Waals surface area contributed by atoms with E-state index < -0.39 is 10.0 Å². The molecular formula is C14H17NO3S. The predicted octanol–water partition coefficient (Wildman–Crippen LogP) is 1.71. The Kier molecular flexibility index (Phi) is 2.30. The molecule has 4 rings (SSSR count). The summed E-state index contributed by atoms with van der Waals surface area (Å²) in [6.45, 7) is 0. The van der Waals surface area contributed by atoms with Crippen molar-refractivity contribution in [3.63, 3.8) is 0 Å². The van der Waals surface area contributed by atoms with Crippen molar-refractivity contribution in [1.82, 2.24) is 4.72 Å². The molecule has 5 heteroatoms. The van der Waals surface area contributed by atoms with Gasteiger partial charge in [0.15, 0.2) is 0 Å². The summed E-state index contributed by atoms with van der Waals surface area (Å²) in [5.41, 5.74) is 0. The van der Waals surface area contributed by atoms with E-state index in [0.717, 1.165) is 11.8 Å². The fraction of sp³-hybridized carbons (Fsp3) is 0.571. The van der Waals surface area contributed by atoms with E-state index in [2.05, 4.69) is 4.72 Å². The summed E-state index contributed by atoms with van der Waals surface area (Å²) in [5.74, 6) is 2.77. The molecule has 0 aliphatic heterocycles. The molecule has 0 saturated heterocycles. The number of rotatable bonds is 3. The maximum absolute atomic E-state index is 12.3. The fourth-order valence-corrected chi connectivity index (χ4v) is 5.66. The third-order valence-corrected chi connectivity index (χ3v) is 6.65. The second kappa shape index (κ2) is 3.73. The van der Waals surface area contributed by atoms with E-state index in [0.29, 0.717) is 11.8 Å². The Balaban J connectivity index is 1.53. The summed E-state index contributed by atoms with van der Waals surface area (Å²) in [4.78, 5) is 0.239. The van der Waals surface area contributed by atoms with Crippen LogP contribution in [0.4, 0.5) is 0 Å². The Hall–Kier alpha value is -1.07. The largest absolute Gasteiger partial charge is 0.508 e. The van der Waals surface area contributed by atoms with E-state index in [1.54, 1.807) is 0 Å². The number of fused-ring (bicyclic) bond motifs is 5. The molecule has 1 aromatic rings. The Morgan fingerprint density at radius 2 is 1.63 bits per heavy atom. The van der Waals surface area contributed by atoms with E-state index in [-0.39, 0.29) is 16.7 Å². The molecule has 0 heterocycles. The number of benzene rings is 1. The number of hydrogen-bond acceptors (Lipinski definition) is 3. The second-order valence-electron chi connectivity index (χ2n) is 6.13. The van der Waals surface area contributed by atoms with Gasteiger partial charge in [-0.05, 0) is 67.2 Å². The van der Waals surface area contributed by atoms with Crippen molar-refractivity contribution in [1.29, 1.82) is 0 Å². The van der Waals surface area contributed by atoms with E-state index in [1.807, 2.05) is 0 Å². The summed E-state index contributed by atoms with van der Waals surface area (Å²) in [6, 6.07) is 5.87. The third kappa shape index (κ3) is 1.71. The molecule has 0 spiro atoms. The van der Waals surface area contributed by atoms with Crippen molar-refractivity contribution in [3.8, 4) is 5.75 Å². The quantitative estimate of drug-likeness (QED) is 0.885. The second-order valence-corrected chi connectivity index (χ2v) is 7.84. The highest BCUT2D eigenvalue weighted by Crippen LogP contribution is 2.65. The molecule has 4 atom stereocenters. The standard InChI is InChI=1S/C14H17NO3S/c16-10-3-5-11(6-4-10)19(17,18)15-14-12-8-1-2-9(7-8)13(12)14/h3-6,8-9,12-16H,1-2,7H2. The van der Waals surface area contributed by atoms with E-state index in [4.69, 9.17) is 0 Å². The van der Waals surface area contributed by atoms with Crippen molar-refractivity contribution < 1.29 is 13.5 Å². The molecule has 4 unspecified atom stereocenters. The van der Waals surface area contributed by atoms with Gasteiger partial charge in [0, 0.05) is 6.04 Å². The predicted molar refractivity (Wildman–Crippen MR) is 70.0 cm³/mol. The lowest BCUT2D eigenvalue weighted by Gasteiger charge is -2.11. The van der Waals surface area contributed by atoms with Crippen molar-refractivity contribution >= 4 is 10.0 Å². The summed E-state index contributed by atoms with van der Waals surface area (Å²) in [7, 11) is -3.44. The first kappa shape index (κ1) is 11.7. The van der Waals surface area contributed by atoms with Crippen LogP contribution < -0.4 is 4.72 Å². The zero-order valence-corrected chi connectivity index (χ0v) is 11.3. The van der Waals surface area contributed by atoms with Crippen molar-refractivity contribution in [2.75, 3.05) is 0 Å². The molecule has 3 saturated carbocycles. The van der Waals surface area contributed by atoms with Gasteiger partial charge in [-0.2, -0.15) is 0 Å². The van der Waals surface area contributed by atoms with Crippen LogP contribution in [0.2, 0.25) is 0 Å². The molecule has 3 aliphatic rings. The minimum Gasteiger partial charge on any atom is -0.508 e. The number of phenols is 1. The van der Waals surface area contributed by atoms with E-state index in [1.165, 1.54) is 43.5 Å². The number of hydrogen-bond donors (Lipinski definition) is 2. The molecule has 3 aliphatic carbocycles. The van der Waals surface area contributed by atoms with Crippen LogP contribution in [0.5, 0.6) is 5.75 Å². The Morgan fingerprint density at radius 3 is 2.21 bits per heavy atom. The SMILES string of the molecule is O=S(=O)(NC1C2C3CCC(C3)C12)c1ccc(O)cc1. The first-order chi connectivity index (χ1) is 9.06. The maximum atomic E-state index is 12.3. The Morgan fingerprint density at radius 1 is 1.05 bits per heavy atom. The molecule has 0 aromatic heterocycles. The van der Waals surface area contributed by atoms with Gasteiger partial charge in [-0.15, -0.1) is 0 Å². The first-order valence-corrected chi connectivity index (χ1v) is 8.36. The van der Waals surface area contributed by atoms with Crippen LogP contribution in [-0.4, -0.2) is 19.6 Å². The fourth-order valence-electron chi connectivity index (χ4n) is 4.36. The monoisotopic (exact) mass is 279 g/mol. The maximum Gasteiger partial charge on any atom is 0.240 e. The highest BCUT2D eigenvalue weighted by Gasteiger charge is 2.65. The molecule has 0 radical (unpaired) electrons. The Bertz CT molecular complexity index is 594. The molecule has 4 nitrogen and oxygen atoms in total. The average molecular weight is 279 g/mol. The van der Waals surface area contributed by atoms with Gasteiger partial charge >= 0.3 is 0 Å². The van der Waals surface area contributed by atoms with E-state index >= 15 is 0 Å². The third-order valence-electron chi connectivity index (χ3n) is 5.17. The lowest BCUT2D eigenvalue weighted by molar-refractivity contribution is 0.456. The lowest BCUT2D eigenvalue weighted by atomic mass is 10.0. The summed E-state index contributed by atoms with van der Waals surface area (Å²) >= 11 is 0. The van der Waals surface area contributed by atoms with Crippen LogP contribution in [0.15, 0.2) is 29.2 Å². The van der Waals surface area contributed by atoms with Crippen LogP contribution in [0.25, 0.3) is 0 Å². The topological polar surface area (TPSA) is 66.4 Å². The normalized spacial score (nSPS) is 39.3. The highest BCUT2D eigenvalue weighted by molar-refractivity contribution is 7.89. The highest BCUT2D eigenvalue weighted by atomic mass is 32.2. The van der Waals surface area contributed by atoms with Gasteiger partial charge in [0.2, 0.25) is 10.0 Å². The van der Waals surface area contributed by atoms with E-state index in [9.17, 15) is 13.5 Å². The number of aromatic hydroxyl groups is 1. The minimum absolute atomic E-state index is 0.0836. The van der Waals surface area contributed by atoms with Gasteiger partial charge in [-0.1, -0.05) is 0 Å². The number of sulfonamides is 1. The van der Waals surface area contributed by atoms with Crippen LogP contribution in [0.1, 0.15) is 19.3 Å². The van der Waals surface area contributed by atoms with Gasteiger partial charge in [-0.25, -0.2) is 13.1 Å². The summed E-state index contributed by atoms with van der Waals surface area (Å²) < 4.78 is 27.4. The van der Waals surface area contributed by atoms with Crippen molar-refractivity contribution in [2.24, 2.45) is 23.7 Å². The minimum atomic E-state index is -3.44. The molecular weight excluding hydrogens is 262 g/mol. The van der Waals surface area contributed by atoms with Gasteiger partial charge in [0.1, 0.15) is 5.75 Å². The lowest BCUT2D eigenvalue weighted by Crippen LogP contribution is -2.30. The van der Waals surface area contributed by atoms with Crippen LogP contribution in [-0.2, 0) is 10.0 Å². The van der Waals surface area contributed by atoms with Gasteiger partial charge in [0.25, 0.3) is 0 Å². The zero-order valence-electron chi connectivity index (χ0n) is 10.5. The van der Waals surface area contributed by atoms with Gasteiger partial charge in [0.05, 0.1) is 4.90 Å². The average Bonchev–Trinajstić information content (AvgIpc) is 2.78. The molecule has 0 amide bonds. The van der Waals surface area contributed by atoms with Gasteiger partial charge < -0.3 is 5.11 Å². The zero-order chi connectivity index (χ0) is 13.2. The number of phenolic OH excluding ortho intramolecular Hbond substituents is 1. The van der Waals surface area contributed by atoms with Gasteiger partial charge in [-0.3, -0.25) is 0 Å². The molecule has 2 bridgehead atoms. The molecule has 19 heavy (non-hydrogen) atoms. The summed E-state index contributed by atoms with van der Waals surface area (Å²) in [6.07, 6.45) is 3.87. The molecule has 102 valence electrons. The number of nitrogens with one attached hydrogen (secondary N) is 1.